The standard InChI is InChI=1S/C30H31N5O2/c1-21(2)35-20-26(19-33-35)30-22(3)18-32-28(34-30)17-24-11-9-23(10-12-24)15-16-31-29(37)14-13-27(36)25-7-5-4-6-8-25/h4-14,18-21H,15-17H2,1-3H3,(H,31,37)/b14-13+. The molecule has 0 aliphatic carbocycles. The van der Waals surface area contributed by atoms with E-state index in [1.165, 1.54) is 12.2 Å². The lowest BCUT2D eigenvalue weighted by atomic mass is 10.1. The number of benzene rings is 2. The van der Waals surface area contributed by atoms with Crippen LogP contribution < -0.4 is 5.32 Å². The maximum atomic E-state index is 12.1. The quantitative estimate of drug-likeness (QED) is 0.250. The Bertz CT molecular complexity index is 1390. The van der Waals surface area contributed by atoms with E-state index in [-0.39, 0.29) is 11.7 Å². The number of hydrogen-bond acceptors (Lipinski definition) is 5. The second-order valence-corrected chi connectivity index (χ2v) is 9.22. The Labute approximate surface area is 217 Å². The highest BCUT2D eigenvalue weighted by atomic mass is 16.1. The predicted molar refractivity (Wildman–Crippen MR) is 144 cm³/mol. The van der Waals surface area contributed by atoms with Gasteiger partial charge in [0, 0.05) is 48.6 Å². The SMILES string of the molecule is Cc1cnc(Cc2ccc(CCNC(=O)/C=C/C(=O)c3ccccc3)cc2)nc1-c1cnn(C(C)C)c1. The third kappa shape index (κ3) is 7.07. The molecule has 7 heteroatoms. The van der Waals surface area contributed by atoms with E-state index in [4.69, 9.17) is 4.98 Å². The highest BCUT2D eigenvalue weighted by molar-refractivity contribution is 6.07. The van der Waals surface area contributed by atoms with Crippen molar-refractivity contribution in [3.63, 3.8) is 0 Å². The van der Waals surface area contributed by atoms with Crippen molar-refractivity contribution in [2.24, 2.45) is 0 Å². The summed E-state index contributed by atoms with van der Waals surface area (Å²) in [6, 6.07) is 17.4. The lowest BCUT2D eigenvalue weighted by Gasteiger charge is -2.08. The maximum absolute atomic E-state index is 12.1. The van der Waals surface area contributed by atoms with Crippen molar-refractivity contribution < 1.29 is 9.59 Å². The fraction of sp³-hybridized carbons (Fsp3) is 0.233. The second kappa shape index (κ2) is 12.0. The monoisotopic (exact) mass is 493 g/mol. The molecule has 7 nitrogen and oxygen atoms in total. The van der Waals surface area contributed by atoms with E-state index < -0.39 is 0 Å². The minimum absolute atomic E-state index is 0.193. The highest BCUT2D eigenvalue weighted by Crippen LogP contribution is 2.22. The number of hydrogen-bond donors (Lipinski definition) is 1. The summed E-state index contributed by atoms with van der Waals surface area (Å²) < 4.78 is 1.93. The fourth-order valence-corrected chi connectivity index (χ4v) is 3.84. The number of nitrogens with zero attached hydrogens (tertiary/aromatic N) is 4. The van der Waals surface area contributed by atoms with Gasteiger partial charge < -0.3 is 5.32 Å². The van der Waals surface area contributed by atoms with Gasteiger partial charge >= 0.3 is 0 Å². The van der Waals surface area contributed by atoms with Crippen molar-refractivity contribution in [1.82, 2.24) is 25.1 Å². The third-order valence-electron chi connectivity index (χ3n) is 5.97. The molecular formula is C30H31N5O2. The molecule has 188 valence electrons. The molecule has 0 aliphatic rings. The van der Waals surface area contributed by atoms with Gasteiger partial charge in [-0.1, -0.05) is 54.6 Å². The average Bonchev–Trinajstić information content (AvgIpc) is 3.40. The van der Waals surface area contributed by atoms with Crippen LogP contribution in [0.5, 0.6) is 0 Å². The molecule has 2 aromatic heterocycles. The molecular weight excluding hydrogens is 462 g/mol. The molecule has 0 unspecified atom stereocenters. The number of aryl methyl sites for hydroxylation is 1. The van der Waals surface area contributed by atoms with Gasteiger partial charge in [-0.15, -0.1) is 0 Å². The van der Waals surface area contributed by atoms with Crippen LogP contribution >= 0.6 is 0 Å². The molecule has 1 amide bonds. The number of allylic oxidation sites excluding steroid dienone is 1. The number of carbonyl (C=O) groups is 2. The van der Waals surface area contributed by atoms with Crippen LogP contribution in [0.25, 0.3) is 11.3 Å². The first-order valence-electron chi connectivity index (χ1n) is 12.4. The topological polar surface area (TPSA) is 89.8 Å². The largest absolute Gasteiger partial charge is 0.352 e. The van der Waals surface area contributed by atoms with E-state index in [2.05, 4.69) is 53.5 Å². The maximum Gasteiger partial charge on any atom is 0.244 e. The lowest BCUT2D eigenvalue weighted by Crippen LogP contribution is -2.23. The normalized spacial score (nSPS) is 11.2. The first-order valence-corrected chi connectivity index (χ1v) is 12.4. The summed E-state index contributed by atoms with van der Waals surface area (Å²) in [5.41, 5.74) is 5.70. The summed E-state index contributed by atoms with van der Waals surface area (Å²) in [6.45, 7) is 6.69. The van der Waals surface area contributed by atoms with Crippen LogP contribution in [0.15, 0.2) is 85.3 Å². The van der Waals surface area contributed by atoms with Crippen LogP contribution in [-0.4, -0.2) is 38.0 Å². The van der Waals surface area contributed by atoms with E-state index in [0.717, 1.165) is 33.8 Å². The second-order valence-electron chi connectivity index (χ2n) is 9.22. The zero-order valence-electron chi connectivity index (χ0n) is 21.4. The summed E-state index contributed by atoms with van der Waals surface area (Å²) >= 11 is 0. The van der Waals surface area contributed by atoms with Gasteiger partial charge in [0.2, 0.25) is 5.91 Å². The van der Waals surface area contributed by atoms with Crippen LogP contribution in [-0.2, 0) is 17.6 Å². The molecule has 2 aromatic carbocycles. The third-order valence-corrected chi connectivity index (χ3v) is 5.97. The molecule has 0 aliphatic heterocycles. The summed E-state index contributed by atoms with van der Waals surface area (Å²) in [5.74, 6) is 0.281. The number of ketones is 1. The zero-order chi connectivity index (χ0) is 26.2. The summed E-state index contributed by atoms with van der Waals surface area (Å²) in [5, 5.41) is 7.26. The van der Waals surface area contributed by atoms with Crippen molar-refractivity contribution in [2.45, 2.75) is 39.7 Å². The molecule has 1 N–H and O–H groups in total. The molecule has 2 heterocycles. The first kappa shape index (κ1) is 25.7. The Balaban J connectivity index is 1.29. The van der Waals surface area contributed by atoms with Crippen molar-refractivity contribution >= 4 is 11.7 Å². The number of carbonyl (C=O) groups excluding carboxylic acids is 2. The van der Waals surface area contributed by atoms with Gasteiger partial charge in [0.15, 0.2) is 5.78 Å². The van der Waals surface area contributed by atoms with Gasteiger partial charge in [-0.3, -0.25) is 14.3 Å². The van der Waals surface area contributed by atoms with Crippen LogP contribution in [0, 0.1) is 6.92 Å². The van der Waals surface area contributed by atoms with Crippen LogP contribution in [0.4, 0.5) is 0 Å². The smallest absolute Gasteiger partial charge is 0.244 e. The number of amides is 1. The molecule has 0 saturated carbocycles. The molecule has 0 radical (unpaired) electrons. The average molecular weight is 494 g/mol. The molecule has 0 atom stereocenters. The summed E-state index contributed by atoms with van der Waals surface area (Å²) in [4.78, 5) is 33.4. The Hall–Kier alpha value is -4.39. The van der Waals surface area contributed by atoms with E-state index >= 15 is 0 Å². The van der Waals surface area contributed by atoms with Crippen molar-refractivity contribution in [3.8, 4) is 11.3 Å². The van der Waals surface area contributed by atoms with Crippen molar-refractivity contribution in [2.75, 3.05) is 6.54 Å². The molecule has 0 saturated heterocycles. The Kier molecular flexibility index (Phi) is 8.36. The molecule has 37 heavy (non-hydrogen) atoms. The first-order chi connectivity index (χ1) is 17.9. The van der Waals surface area contributed by atoms with E-state index in [9.17, 15) is 9.59 Å². The Morgan fingerprint density at radius 3 is 2.41 bits per heavy atom. The highest BCUT2D eigenvalue weighted by Gasteiger charge is 2.11. The van der Waals surface area contributed by atoms with Crippen molar-refractivity contribution in [1.29, 1.82) is 0 Å². The number of nitrogens with one attached hydrogen (secondary N) is 1. The molecule has 0 spiro atoms. The van der Waals surface area contributed by atoms with Gasteiger partial charge in [0.05, 0.1) is 11.9 Å². The van der Waals surface area contributed by atoms with Gasteiger partial charge in [0.25, 0.3) is 0 Å². The van der Waals surface area contributed by atoms with Crippen LogP contribution in [0.1, 0.15) is 52.8 Å². The van der Waals surface area contributed by atoms with Gasteiger partial charge in [0.1, 0.15) is 5.82 Å². The van der Waals surface area contributed by atoms with Gasteiger partial charge in [-0.05, 0) is 50.0 Å². The van der Waals surface area contributed by atoms with Crippen LogP contribution in [0.2, 0.25) is 0 Å². The summed E-state index contributed by atoms with van der Waals surface area (Å²) in [7, 11) is 0. The predicted octanol–water partition coefficient (Wildman–Crippen LogP) is 4.92. The van der Waals surface area contributed by atoms with Crippen molar-refractivity contribution in [3.05, 3.63) is 113 Å². The van der Waals surface area contributed by atoms with Gasteiger partial charge in [-0.25, -0.2) is 9.97 Å². The Morgan fingerprint density at radius 2 is 1.70 bits per heavy atom. The minimum atomic E-state index is -0.285. The number of rotatable bonds is 10. The molecule has 4 rings (SSSR count). The van der Waals surface area contributed by atoms with Gasteiger partial charge in [-0.2, -0.15) is 5.10 Å². The molecule has 0 fully saturated rings. The fourth-order valence-electron chi connectivity index (χ4n) is 3.84. The van der Waals surface area contributed by atoms with Crippen LogP contribution in [0.3, 0.4) is 0 Å². The molecule has 4 aromatic rings. The zero-order valence-corrected chi connectivity index (χ0v) is 21.4. The minimum Gasteiger partial charge on any atom is -0.352 e. The Morgan fingerprint density at radius 1 is 0.973 bits per heavy atom. The number of aromatic nitrogens is 4. The molecule has 0 bridgehead atoms. The van der Waals surface area contributed by atoms with E-state index in [1.807, 2.05) is 36.3 Å². The van der Waals surface area contributed by atoms with E-state index in [1.54, 1.807) is 24.3 Å². The lowest BCUT2D eigenvalue weighted by molar-refractivity contribution is -0.116. The van der Waals surface area contributed by atoms with E-state index in [0.29, 0.717) is 31.0 Å². The summed E-state index contributed by atoms with van der Waals surface area (Å²) in [6.07, 6.45) is 9.64.